The Hall–Kier alpha value is -2.57. The van der Waals surface area contributed by atoms with Crippen molar-refractivity contribution in [2.24, 2.45) is 0 Å². The first kappa shape index (κ1) is 14.0. The summed E-state index contributed by atoms with van der Waals surface area (Å²) in [6, 6.07) is 5.62. The van der Waals surface area contributed by atoms with Gasteiger partial charge in [0, 0.05) is 13.1 Å². The van der Waals surface area contributed by atoms with Gasteiger partial charge in [-0.25, -0.2) is 0 Å². The van der Waals surface area contributed by atoms with Gasteiger partial charge in [-0.05, 0) is 31.0 Å². The summed E-state index contributed by atoms with van der Waals surface area (Å²) in [4.78, 5) is 18.6. The highest BCUT2D eigenvalue weighted by molar-refractivity contribution is 5.79. The number of hydrogen-bond donors (Lipinski definition) is 0. The molecule has 2 aromatic rings. The molecular weight excluding hydrogens is 298 g/mol. The Morgan fingerprint density at radius 1 is 1.35 bits per heavy atom. The van der Waals surface area contributed by atoms with Gasteiger partial charge < -0.3 is 18.9 Å². The van der Waals surface area contributed by atoms with Gasteiger partial charge in [0.1, 0.15) is 0 Å². The normalized spacial score (nSPS) is 19.3. The molecule has 2 aliphatic rings. The first-order chi connectivity index (χ1) is 11.2. The summed E-state index contributed by atoms with van der Waals surface area (Å²) in [5, 5.41) is 3.82. The monoisotopic (exact) mass is 315 g/mol. The van der Waals surface area contributed by atoms with Gasteiger partial charge in [-0.3, -0.25) is 4.79 Å². The molecule has 0 bridgehead atoms. The van der Waals surface area contributed by atoms with Gasteiger partial charge in [0.2, 0.25) is 18.6 Å². The van der Waals surface area contributed by atoms with Crippen LogP contribution in [0.1, 0.15) is 29.6 Å². The Labute approximate surface area is 133 Å². The topological polar surface area (TPSA) is 77.7 Å². The van der Waals surface area contributed by atoms with Gasteiger partial charge in [0.05, 0.1) is 12.3 Å². The summed E-state index contributed by atoms with van der Waals surface area (Å²) in [5.74, 6) is 2.93. The molecule has 0 aliphatic carbocycles. The van der Waals surface area contributed by atoms with Gasteiger partial charge in [0.25, 0.3) is 0 Å². The zero-order chi connectivity index (χ0) is 15.8. The van der Waals surface area contributed by atoms with Crippen LogP contribution in [0.2, 0.25) is 0 Å². The third-order valence-corrected chi connectivity index (χ3v) is 4.23. The fourth-order valence-electron chi connectivity index (χ4n) is 3.00. The molecule has 2 aliphatic heterocycles. The first-order valence-corrected chi connectivity index (χ1v) is 7.65. The molecule has 4 rings (SSSR count). The quantitative estimate of drug-likeness (QED) is 0.857. The molecule has 3 heterocycles. The van der Waals surface area contributed by atoms with Gasteiger partial charge in [-0.2, -0.15) is 4.98 Å². The van der Waals surface area contributed by atoms with E-state index < -0.39 is 0 Å². The molecule has 1 aromatic heterocycles. The molecular formula is C16H17N3O4. The van der Waals surface area contributed by atoms with Crippen molar-refractivity contribution < 1.29 is 18.8 Å². The van der Waals surface area contributed by atoms with Crippen molar-refractivity contribution >= 4 is 5.91 Å². The van der Waals surface area contributed by atoms with E-state index in [-0.39, 0.29) is 18.6 Å². The summed E-state index contributed by atoms with van der Waals surface area (Å²) in [7, 11) is 0. The van der Waals surface area contributed by atoms with Gasteiger partial charge >= 0.3 is 0 Å². The minimum Gasteiger partial charge on any atom is -0.454 e. The van der Waals surface area contributed by atoms with Crippen LogP contribution in [0.15, 0.2) is 22.7 Å². The largest absolute Gasteiger partial charge is 0.454 e. The molecule has 1 atom stereocenters. The van der Waals surface area contributed by atoms with E-state index in [1.165, 1.54) is 0 Å². The number of benzene rings is 1. The maximum atomic E-state index is 12.5. The minimum absolute atomic E-state index is 0.0996. The SMILES string of the molecule is Cc1noc([C@@H]2CCN(C(=O)Cc3ccc4c(c3)OCO4)C2)n1. The molecule has 7 nitrogen and oxygen atoms in total. The van der Waals surface area contributed by atoms with E-state index in [9.17, 15) is 4.79 Å². The smallest absolute Gasteiger partial charge is 0.231 e. The zero-order valence-corrected chi connectivity index (χ0v) is 12.8. The van der Waals surface area contributed by atoms with Crippen LogP contribution < -0.4 is 9.47 Å². The minimum atomic E-state index is 0.0996. The van der Waals surface area contributed by atoms with E-state index in [4.69, 9.17) is 14.0 Å². The van der Waals surface area contributed by atoms with Crippen LogP contribution in [0.3, 0.4) is 0 Å². The Balaban J connectivity index is 1.40. The van der Waals surface area contributed by atoms with Crippen LogP contribution in [0.25, 0.3) is 0 Å². The summed E-state index contributed by atoms with van der Waals surface area (Å²) >= 11 is 0. The zero-order valence-electron chi connectivity index (χ0n) is 12.8. The highest BCUT2D eigenvalue weighted by Gasteiger charge is 2.30. The number of likely N-dealkylation sites (tertiary alicyclic amines) is 1. The van der Waals surface area contributed by atoms with Crippen molar-refractivity contribution in [3.8, 4) is 11.5 Å². The fraction of sp³-hybridized carbons (Fsp3) is 0.438. The lowest BCUT2D eigenvalue weighted by atomic mass is 10.1. The number of hydrogen-bond acceptors (Lipinski definition) is 6. The average Bonchev–Trinajstić information content (AvgIpc) is 3.26. The summed E-state index contributed by atoms with van der Waals surface area (Å²) in [5.41, 5.74) is 0.927. The van der Waals surface area contributed by atoms with E-state index >= 15 is 0 Å². The van der Waals surface area contributed by atoms with Gasteiger partial charge in [-0.1, -0.05) is 11.2 Å². The second kappa shape index (κ2) is 5.57. The van der Waals surface area contributed by atoms with Crippen molar-refractivity contribution in [2.45, 2.75) is 25.7 Å². The lowest BCUT2D eigenvalue weighted by Gasteiger charge is -2.16. The Morgan fingerprint density at radius 2 is 2.22 bits per heavy atom. The number of nitrogens with zero attached hydrogens (tertiary/aromatic N) is 3. The molecule has 23 heavy (non-hydrogen) atoms. The highest BCUT2D eigenvalue weighted by Crippen LogP contribution is 2.33. The van der Waals surface area contributed by atoms with E-state index in [0.29, 0.717) is 30.4 Å². The predicted octanol–water partition coefficient (Wildman–Crippen LogP) is 1.67. The lowest BCUT2D eigenvalue weighted by Crippen LogP contribution is -2.29. The molecule has 1 aromatic carbocycles. The van der Waals surface area contributed by atoms with Crippen LogP contribution >= 0.6 is 0 Å². The lowest BCUT2D eigenvalue weighted by molar-refractivity contribution is -0.129. The molecule has 120 valence electrons. The standard InChI is InChI=1S/C16H17N3O4/c1-10-17-16(23-18-10)12-4-5-19(8-12)15(20)7-11-2-3-13-14(6-11)22-9-21-13/h2-3,6,12H,4-5,7-9H2,1H3/t12-/m1/s1. The maximum Gasteiger partial charge on any atom is 0.231 e. The summed E-state index contributed by atoms with van der Waals surface area (Å²) in [6.45, 7) is 3.38. The third kappa shape index (κ3) is 2.74. The molecule has 1 amide bonds. The Kier molecular flexibility index (Phi) is 3.40. The molecule has 0 N–H and O–H groups in total. The molecule has 0 saturated carbocycles. The number of carbonyl (C=O) groups is 1. The van der Waals surface area contributed by atoms with Crippen molar-refractivity contribution in [3.05, 3.63) is 35.5 Å². The van der Waals surface area contributed by atoms with E-state index in [1.807, 2.05) is 23.1 Å². The predicted molar refractivity (Wildman–Crippen MR) is 79.2 cm³/mol. The Bertz CT molecular complexity index is 743. The van der Waals surface area contributed by atoms with Crippen LogP contribution in [0, 0.1) is 6.92 Å². The summed E-state index contributed by atoms with van der Waals surface area (Å²) in [6.07, 6.45) is 1.21. The van der Waals surface area contributed by atoms with Crippen LogP contribution in [0.5, 0.6) is 11.5 Å². The number of fused-ring (bicyclic) bond motifs is 1. The molecule has 1 fully saturated rings. The van der Waals surface area contributed by atoms with E-state index in [2.05, 4.69) is 10.1 Å². The number of ether oxygens (including phenoxy) is 2. The van der Waals surface area contributed by atoms with Crippen LogP contribution in [-0.2, 0) is 11.2 Å². The molecule has 0 spiro atoms. The van der Waals surface area contributed by atoms with Crippen molar-refractivity contribution in [1.29, 1.82) is 0 Å². The average molecular weight is 315 g/mol. The van der Waals surface area contributed by atoms with Crippen LogP contribution in [0.4, 0.5) is 0 Å². The van der Waals surface area contributed by atoms with Crippen molar-refractivity contribution in [1.82, 2.24) is 15.0 Å². The molecule has 0 unspecified atom stereocenters. The van der Waals surface area contributed by atoms with Crippen molar-refractivity contribution in [2.75, 3.05) is 19.9 Å². The second-order valence-corrected chi connectivity index (χ2v) is 5.87. The number of aryl methyl sites for hydroxylation is 1. The fourth-order valence-corrected chi connectivity index (χ4v) is 3.00. The first-order valence-electron chi connectivity index (χ1n) is 7.65. The number of aromatic nitrogens is 2. The summed E-state index contributed by atoms with van der Waals surface area (Å²) < 4.78 is 15.8. The van der Waals surface area contributed by atoms with Gasteiger partial charge in [-0.15, -0.1) is 0 Å². The Morgan fingerprint density at radius 3 is 3.04 bits per heavy atom. The number of rotatable bonds is 3. The van der Waals surface area contributed by atoms with Crippen LogP contribution in [-0.4, -0.2) is 40.8 Å². The van der Waals surface area contributed by atoms with E-state index in [0.717, 1.165) is 24.3 Å². The van der Waals surface area contributed by atoms with E-state index in [1.54, 1.807) is 6.92 Å². The third-order valence-electron chi connectivity index (χ3n) is 4.23. The second-order valence-electron chi connectivity index (χ2n) is 5.87. The number of amides is 1. The molecule has 7 heteroatoms. The maximum absolute atomic E-state index is 12.5. The van der Waals surface area contributed by atoms with Gasteiger partial charge in [0.15, 0.2) is 17.3 Å². The van der Waals surface area contributed by atoms with Crippen molar-refractivity contribution in [3.63, 3.8) is 0 Å². The number of carbonyl (C=O) groups excluding carboxylic acids is 1. The molecule has 1 saturated heterocycles. The molecule has 0 radical (unpaired) electrons. The highest BCUT2D eigenvalue weighted by atomic mass is 16.7.